The molecule has 101 valence electrons. The normalized spacial score (nSPS) is 18.2. The Morgan fingerprint density at radius 2 is 1.94 bits per heavy atom. The number of allylic oxidation sites excluding steroid dienone is 3. The predicted octanol–water partition coefficient (Wildman–Crippen LogP) is 3.83. The van der Waals surface area contributed by atoms with Gasteiger partial charge in [-0.15, -0.1) is 0 Å². The molecule has 1 aliphatic rings. The first-order valence-corrected chi connectivity index (χ1v) is 10.9. The monoisotopic (exact) mass is 298 g/mol. The van der Waals surface area contributed by atoms with Gasteiger partial charge in [0.05, 0.1) is 0 Å². The molecule has 0 spiro atoms. The Morgan fingerprint density at radius 1 is 1.33 bits per heavy atom. The Balaban J connectivity index is 3.04. The summed E-state index contributed by atoms with van der Waals surface area (Å²) >= 11 is 2.10. The maximum absolute atomic E-state index is 3.54. The molecular formula is C15H28NSiTi. The molecule has 0 aromatic rings. The van der Waals surface area contributed by atoms with Crippen molar-refractivity contribution in [3.8, 4) is 0 Å². The number of hydrogen-bond donors (Lipinski definition) is 1. The van der Waals surface area contributed by atoms with Gasteiger partial charge in [-0.1, -0.05) is 0 Å². The van der Waals surface area contributed by atoms with Crippen molar-refractivity contribution in [3.63, 3.8) is 0 Å². The molecular weight excluding hydrogens is 270 g/mol. The number of rotatable bonds is 6. The van der Waals surface area contributed by atoms with E-state index in [1.807, 2.05) is 0 Å². The van der Waals surface area contributed by atoms with Gasteiger partial charge < -0.3 is 0 Å². The fraction of sp³-hybridized carbons (Fsp3) is 0.733. The molecule has 1 unspecified atom stereocenters. The van der Waals surface area contributed by atoms with E-state index < -0.39 is 8.80 Å². The van der Waals surface area contributed by atoms with Gasteiger partial charge in [-0.05, 0) is 0 Å². The molecule has 1 nitrogen and oxygen atoms in total. The first kappa shape index (κ1) is 16.4. The minimum atomic E-state index is -0.553. The van der Waals surface area contributed by atoms with Gasteiger partial charge in [0.2, 0.25) is 0 Å². The average Bonchev–Trinajstić information content (AvgIpc) is 2.67. The van der Waals surface area contributed by atoms with Crippen molar-refractivity contribution in [3.05, 3.63) is 23.8 Å². The fourth-order valence-corrected chi connectivity index (χ4v) is 6.43. The average molecular weight is 298 g/mol. The number of hydrogen-bond acceptors (Lipinski definition) is 1. The third-order valence-corrected chi connectivity index (χ3v) is 6.81. The van der Waals surface area contributed by atoms with E-state index >= 15 is 0 Å². The van der Waals surface area contributed by atoms with E-state index in [2.05, 4.69) is 83.5 Å². The van der Waals surface area contributed by atoms with Crippen molar-refractivity contribution in [1.82, 2.24) is 3.80 Å². The Morgan fingerprint density at radius 3 is 2.33 bits per heavy atom. The van der Waals surface area contributed by atoms with Crippen LogP contribution < -0.4 is 3.80 Å². The first-order valence-electron chi connectivity index (χ1n) is 7.00. The van der Waals surface area contributed by atoms with Crippen LogP contribution in [0.4, 0.5) is 0 Å². The molecule has 18 heavy (non-hydrogen) atoms. The zero-order chi connectivity index (χ0) is 14.0. The Bertz CT molecular complexity index is 342. The summed E-state index contributed by atoms with van der Waals surface area (Å²) in [7, 11) is -0.553. The summed E-state index contributed by atoms with van der Waals surface area (Å²) in [6.45, 7) is 14.5. The molecule has 0 bridgehead atoms. The molecule has 0 fully saturated rings. The second kappa shape index (κ2) is 6.21. The zero-order valence-corrected chi connectivity index (χ0v) is 15.5. The predicted molar refractivity (Wildman–Crippen MR) is 80.0 cm³/mol. The zero-order valence-electron chi connectivity index (χ0n) is 12.8. The standard InChI is InChI=1S/C15H28NSi.Ti/c1-14(2,11-17(5)6)13(15(3,4)16)12-9-7-8-10-12;/h7-9,13,16-17H,10-11H2,1-6H3;/q-1;+1. The molecule has 1 aliphatic carbocycles. The van der Waals surface area contributed by atoms with Crippen LogP contribution in [0.25, 0.3) is 0 Å². The summed E-state index contributed by atoms with van der Waals surface area (Å²) in [6.07, 6.45) is 7.99. The van der Waals surface area contributed by atoms with Crippen LogP contribution in [0.3, 0.4) is 0 Å². The van der Waals surface area contributed by atoms with Crippen LogP contribution in [0, 0.1) is 11.3 Å². The van der Waals surface area contributed by atoms with E-state index in [1.165, 1.54) is 6.04 Å². The fourth-order valence-electron chi connectivity index (χ4n) is 3.86. The van der Waals surface area contributed by atoms with Gasteiger partial charge in [0.15, 0.2) is 0 Å². The molecule has 0 radical (unpaired) electrons. The van der Waals surface area contributed by atoms with Crippen LogP contribution in [0.1, 0.15) is 34.1 Å². The van der Waals surface area contributed by atoms with E-state index in [1.54, 1.807) is 5.57 Å². The molecule has 0 saturated carbocycles. The second-order valence-electron chi connectivity index (χ2n) is 7.24. The summed E-state index contributed by atoms with van der Waals surface area (Å²) in [6, 6.07) is 1.40. The van der Waals surface area contributed by atoms with Gasteiger partial charge in [0.1, 0.15) is 0 Å². The first-order chi connectivity index (χ1) is 8.20. The van der Waals surface area contributed by atoms with Crippen LogP contribution in [-0.2, 0) is 20.7 Å². The van der Waals surface area contributed by atoms with Gasteiger partial charge >= 0.3 is 127 Å². The van der Waals surface area contributed by atoms with Crippen LogP contribution >= 0.6 is 0 Å². The summed E-state index contributed by atoms with van der Waals surface area (Å²) < 4.78 is 3.54. The van der Waals surface area contributed by atoms with Crippen LogP contribution in [0.5, 0.6) is 0 Å². The van der Waals surface area contributed by atoms with Crippen molar-refractivity contribution in [2.45, 2.75) is 58.8 Å². The quantitative estimate of drug-likeness (QED) is 0.735. The van der Waals surface area contributed by atoms with Gasteiger partial charge in [0.25, 0.3) is 0 Å². The SMILES string of the molecule is C[SiH](C)CC(C)(C)C(C1=CC=CC1)C(C)(C)[NH][Ti]. The second-order valence-corrected chi connectivity index (χ2v) is 10.8. The number of nitrogens with one attached hydrogen (secondary N) is 1. The molecule has 1 rings (SSSR count). The molecule has 0 saturated heterocycles. The van der Waals surface area contributed by atoms with Crippen molar-refractivity contribution in [2.75, 3.05) is 0 Å². The summed E-state index contributed by atoms with van der Waals surface area (Å²) in [5, 5.41) is 0. The maximum atomic E-state index is 3.54. The van der Waals surface area contributed by atoms with Crippen LogP contribution in [0.15, 0.2) is 23.8 Å². The van der Waals surface area contributed by atoms with E-state index in [0.717, 1.165) is 6.42 Å². The topological polar surface area (TPSA) is 12.0 Å². The van der Waals surface area contributed by atoms with E-state index in [4.69, 9.17) is 0 Å². The van der Waals surface area contributed by atoms with Crippen LogP contribution in [0.2, 0.25) is 19.1 Å². The van der Waals surface area contributed by atoms with E-state index in [0.29, 0.717) is 11.3 Å². The van der Waals surface area contributed by atoms with Crippen molar-refractivity contribution in [2.24, 2.45) is 11.3 Å². The van der Waals surface area contributed by atoms with Crippen molar-refractivity contribution < 1.29 is 20.7 Å². The third-order valence-electron chi connectivity index (χ3n) is 3.93. The molecule has 0 amide bonds. The molecule has 1 atom stereocenters. The molecule has 0 aromatic carbocycles. The Kier molecular flexibility index (Phi) is 5.67. The Hall–Kier alpha value is 0.371. The molecule has 0 heterocycles. The van der Waals surface area contributed by atoms with Gasteiger partial charge in [-0.3, -0.25) is 0 Å². The summed E-state index contributed by atoms with van der Waals surface area (Å²) in [5.74, 6) is 0.611. The summed E-state index contributed by atoms with van der Waals surface area (Å²) in [5.41, 5.74) is 2.14. The van der Waals surface area contributed by atoms with Gasteiger partial charge in [0, 0.05) is 0 Å². The molecule has 0 aromatic heterocycles. The van der Waals surface area contributed by atoms with E-state index in [9.17, 15) is 0 Å². The third kappa shape index (κ3) is 3.93. The van der Waals surface area contributed by atoms with E-state index in [-0.39, 0.29) is 5.54 Å². The molecule has 1 N–H and O–H groups in total. The minimum absolute atomic E-state index is 0.157. The van der Waals surface area contributed by atoms with Crippen molar-refractivity contribution >= 4 is 8.80 Å². The van der Waals surface area contributed by atoms with Gasteiger partial charge in [-0.25, -0.2) is 0 Å². The van der Waals surface area contributed by atoms with Crippen LogP contribution in [-0.4, -0.2) is 14.3 Å². The van der Waals surface area contributed by atoms with Crippen molar-refractivity contribution in [1.29, 1.82) is 0 Å². The molecule has 0 aliphatic heterocycles. The van der Waals surface area contributed by atoms with Gasteiger partial charge in [-0.2, -0.15) is 0 Å². The Labute approximate surface area is 127 Å². The molecule has 3 heteroatoms. The summed E-state index contributed by atoms with van der Waals surface area (Å²) in [4.78, 5) is 0.